The second-order valence-electron chi connectivity index (χ2n) is 8.84. The number of anilines is 3. The van der Waals surface area contributed by atoms with E-state index in [0.29, 0.717) is 11.4 Å². The smallest absolute Gasteiger partial charge is 0.390 e. The van der Waals surface area contributed by atoms with Crippen LogP contribution < -0.4 is 16.0 Å². The van der Waals surface area contributed by atoms with Crippen LogP contribution in [0, 0.1) is 5.92 Å². The predicted molar refractivity (Wildman–Crippen MR) is 121 cm³/mol. The van der Waals surface area contributed by atoms with E-state index < -0.39 is 23.4 Å². The highest BCUT2D eigenvalue weighted by molar-refractivity contribution is 6.05. The Labute approximate surface area is 189 Å². The molecule has 178 valence electrons. The summed E-state index contributed by atoms with van der Waals surface area (Å²) in [4.78, 5) is 26.5. The number of alkyl halides is 3. The third kappa shape index (κ3) is 5.78. The maximum atomic E-state index is 12.9. The molecule has 1 aliphatic carbocycles. The fourth-order valence-electron chi connectivity index (χ4n) is 3.45. The fourth-order valence-corrected chi connectivity index (χ4v) is 3.45. The number of rotatable bonds is 6. The largest absolute Gasteiger partial charge is 0.433 e. The van der Waals surface area contributed by atoms with Crippen LogP contribution in [0.3, 0.4) is 0 Å². The van der Waals surface area contributed by atoms with Crippen LogP contribution in [0.4, 0.5) is 30.5 Å². The van der Waals surface area contributed by atoms with Gasteiger partial charge in [-0.2, -0.15) is 13.2 Å². The summed E-state index contributed by atoms with van der Waals surface area (Å²) in [5.41, 5.74) is 4.48. The minimum absolute atomic E-state index is 0.0432. The number of amides is 1. The van der Waals surface area contributed by atoms with Gasteiger partial charge < -0.3 is 21.1 Å². The van der Waals surface area contributed by atoms with Crippen LogP contribution in [0.25, 0.3) is 0 Å². The van der Waals surface area contributed by atoms with E-state index in [0.717, 1.165) is 25.0 Å². The zero-order valence-corrected chi connectivity index (χ0v) is 18.8. The van der Waals surface area contributed by atoms with Crippen LogP contribution in [0.5, 0.6) is 0 Å². The van der Waals surface area contributed by atoms with Gasteiger partial charge in [0.15, 0.2) is 5.82 Å². The van der Waals surface area contributed by atoms with Gasteiger partial charge in [-0.05, 0) is 50.8 Å². The number of carbonyl (C=O) groups excluding carboxylic acids is 1. The molecule has 3 rings (SSSR count). The lowest BCUT2D eigenvalue weighted by Crippen LogP contribution is -2.42. The second-order valence-corrected chi connectivity index (χ2v) is 8.84. The lowest BCUT2D eigenvalue weighted by atomic mass is 9.71. The molecule has 11 heteroatoms. The Morgan fingerprint density at radius 3 is 2.52 bits per heavy atom. The molecule has 2 aromatic rings. The SMILES string of the molecule is CN(C)c1nc(N)c(C=NC2CC(C(C)(C)O)C2)cc1NC(=O)c1cccc(C(F)(F)F)n1. The summed E-state index contributed by atoms with van der Waals surface area (Å²) >= 11 is 0. The van der Waals surface area contributed by atoms with E-state index in [1.54, 1.807) is 45.1 Å². The second kappa shape index (κ2) is 8.97. The monoisotopic (exact) mass is 464 g/mol. The fraction of sp³-hybridized carbons (Fsp3) is 0.455. The van der Waals surface area contributed by atoms with Gasteiger partial charge in [0, 0.05) is 25.9 Å². The zero-order chi connectivity index (χ0) is 24.6. The standard InChI is InChI=1S/C22H27F3N6O2/c1-21(2,33)13-9-14(10-13)27-11-12-8-16(19(31(3)4)30-18(12)26)29-20(32)15-6-5-7-17(28-15)22(23,24)25/h5-8,11,13-14,33H,9-10H2,1-4H3,(H2,26,30)(H,29,32). The average Bonchev–Trinajstić information content (AvgIpc) is 2.66. The molecule has 0 radical (unpaired) electrons. The van der Waals surface area contributed by atoms with Gasteiger partial charge in [0.1, 0.15) is 17.2 Å². The van der Waals surface area contributed by atoms with Crippen LogP contribution in [0.15, 0.2) is 29.3 Å². The summed E-state index contributed by atoms with van der Waals surface area (Å²) in [6.45, 7) is 3.54. The molecule has 1 amide bonds. The lowest BCUT2D eigenvalue weighted by molar-refractivity contribution is -0.141. The molecule has 0 bridgehead atoms. The number of aliphatic imine (C=N–C) groups is 1. The summed E-state index contributed by atoms with van der Waals surface area (Å²) in [7, 11) is 3.39. The van der Waals surface area contributed by atoms with Gasteiger partial charge in [-0.3, -0.25) is 9.79 Å². The van der Waals surface area contributed by atoms with Crippen molar-refractivity contribution in [1.29, 1.82) is 0 Å². The zero-order valence-electron chi connectivity index (χ0n) is 18.8. The summed E-state index contributed by atoms with van der Waals surface area (Å²) in [6.07, 6.45) is -1.61. The number of aromatic nitrogens is 2. The van der Waals surface area contributed by atoms with E-state index in [4.69, 9.17) is 5.73 Å². The van der Waals surface area contributed by atoms with Gasteiger partial charge in [0.05, 0.1) is 17.3 Å². The molecule has 0 aromatic carbocycles. The van der Waals surface area contributed by atoms with Crippen molar-refractivity contribution in [3.63, 3.8) is 0 Å². The third-order valence-electron chi connectivity index (χ3n) is 5.54. The molecular weight excluding hydrogens is 437 g/mol. The molecule has 1 saturated carbocycles. The van der Waals surface area contributed by atoms with E-state index in [1.165, 1.54) is 6.07 Å². The number of hydrogen-bond acceptors (Lipinski definition) is 7. The van der Waals surface area contributed by atoms with E-state index in [2.05, 4.69) is 20.3 Å². The number of nitrogens with zero attached hydrogens (tertiary/aromatic N) is 4. The van der Waals surface area contributed by atoms with E-state index in [1.807, 2.05) is 0 Å². The first-order valence-corrected chi connectivity index (χ1v) is 10.3. The van der Waals surface area contributed by atoms with Gasteiger partial charge in [-0.25, -0.2) is 9.97 Å². The molecule has 1 aliphatic rings. The molecule has 8 nitrogen and oxygen atoms in total. The van der Waals surface area contributed by atoms with Crippen molar-refractivity contribution in [3.05, 3.63) is 41.2 Å². The van der Waals surface area contributed by atoms with Crippen molar-refractivity contribution >= 4 is 29.4 Å². The first-order valence-electron chi connectivity index (χ1n) is 10.3. The van der Waals surface area contributed by atoms with Gasteiger partial charge in [0.25, 0.3) is 5.91 Å². The van der Waals surface area contributed by atoms with Crippen LogP contribution in [0.1, 0.15) is 48.4 Å². The molecule has 2 aromatic heterocycles. The molecule has 0 spiro atoms. The third-order valence-corrected chi connectivity index (χ3v) is 5.54. The average molecular weight is 464 g/mol. The topological polar surface area (TPSA) is 117 Å². The first kappa shape index (κ1) is 24.4. The molecule has 0 atom stereocenters. The van der Waals surface area contributed by atoms with Crippen LogP contribution in [0.2, 0.25) is 0 Å². The highest BCUT2D eigenvalue weighted by Gasteiger charge is 2.38. The molecule has 0 aliphatic heterocycles. The molecule has 4 N–H and O–H groups in total. The highest BCUT2D eigenvalue weighted by atomic mass is 19.4. The number of nitrogen functional groups attached to an aromatic ring is 1. The van der Waals surface area contributed by atoms with Gasteiger partial charge in [-0.1, -0.05) is 6.07 Å². The van der Waals surface area contributed by atoms with Crippen LogP contribution >= 0.6 is 0 Å². The summed E-state index contributed by atoms with van der Waals surface area (Å²) < 4.78 is 38.8. The Hall–Kier alpha value is -3.21. The Kier molecular flexibility index (Phi) is 6.64. The summed E-state index contributed by atoms with van der Waals surface area (Å²) in [6, 6.07) is 4.73. The van der Waals surface area contributed by atoms with Crippen LogP contribution in [-0.2, 0) is 6.18 Å². The number of nitrogens with two attached hydrogens (primary N) is 1. The molecule has 0 saturated heterocycles. The van der Waals surface area contributed by atoms with Crippen molar-refractivity contribution in [2.24, 2.45) is 10.9 Å². The molecule has 33 heavy (non-hydrogen) atoms. The van der Waals surface area contributed by atoms with E-state index >= 15 is 0 Å². The Morgan fingerprint density at radius 2 is 1.94 bits per heavy atom. The van der Waals surface area contributed by atoms with Gasteiger partial charge in [0.2, 0.25) is 0 Å². The van der Waals surface area contributed by atoms with Gasteiger partial charge in [-0.15, -0.1) is 0 Å². The molecule has 2 heterocycles. The number of halogens is 3. The van der Waals surface area contributed by atoms with E-state index in [9.17, 15) is 23.1 Å². The number of nitrogens with one attached hydrogen (secondary N) is 1. The maximum absolute atomic E-state index is 12.9. The molecule has 1 fully saturated rings. The summed E-state index contributed by atoms with van der Waals surface area (Å²) in [5.74, 6) is -0.126. The van der Waals surface area contributed by atoms with Crippen molar-refractivity contribution in [2.75, 3.05) is 30.0 Å². The molecular formula is C22H27F3N6O2. The lowest BCUT2D eigenvalue weighted by Gasteiger charge is -2.40. The minimum atomic E-state index is -4.66. The van der Waals surface area contributed by atoms with Gasteiger partial charge >= 0.3 is 6.18 Å². The first-order chi connectivity index (χ1) is 15.3. The highest BCUT2D eigenvalue weighted by Crippen LogP contribution is 2.38. The maximum Gasteiger partial charge on any atom is 0.433 e. The van der Waals surface area contributed by atoms with Crippen molar-refractivity contribution in [3.8, 4) is 0 Å². The Balaban J connectivity index is 1.83. The van der Waals surface area contributed by atoms with Crippen LogP contribution in [-0.4, -0.2) is 52.9 Å². The number of pyridine rings is 2. The van der Waals surface area contributed by atoms with Crippen molar-refractivity contribution in [2.45, 2.75) is 44.5 Å². The molecule has 0 unspecified atom stereocenters. The minimum Gasteiger partial charge on any atom is -0.390 e. The number of aliphatic hydroxyl groups is 1. The number of hydrogen-bond donors (Lipinski definition) is 3. The van der Waals surface area contributed by atoms with Crippen molar-refractivity contribution in [1.82, 2.24) is 9.97 Å². The number of carbonyl (C=O) groups is 1. The quantitative estimate of drug-likeness (QED) is 0.565. The normalized spacial score (nSPS) is 18.8. The summed E-state index contributed by atoms with van der Waals surface area (Å²) in [5, 5.41) is 12.6. The van der Waals surface area contributed by atoms with Crippen molar-refractivity contribution < 1.29 is 23.1 Å². The Morgan fingerprint density at radius 1 is 1.27 bits per heavy atom. The van der Waals surface area contributed by atoms with E-state index in [-0.39, 0.29) is 29.2 Å². The Bertz CT molecular complexity index is 1060. The predicted octanol–water partition coefficient (Wildman–Crippen LogP) is 3.36.